The van der Waals surface area contributed by atoms with Gasteiger partial charge in [0.15, 0.2) is 0 Å². The number of nitrogens with two attached hydrogens (primary N) is 1. The molecule has 0 saturated heterocycles. The quantitative estimate of drug-likeness (QED) is 0.869. The molecule has 16 heavy (non-hydrogen) atoms. The summed E-state index contributed by atoms with van der Waals surface area (Å²) in [6, 6.07) is 7.06. The average molecular weight is 304 g/mol. The Morgan fingerprint density at radius 3 is 2.38 bits per heavy atom. The number of primary amides is 1. The molecular formula is C10H10BrNO3S. The third-order valence-electron chi connectivity index (χ3n) is 1.80. The topological polar surface area (TPSA) is 80.4 Å². The maximum absolute atomic E-state index is 11.2. The number of carboxylic acids is 1. The Morgan fingerprint density at radius 2 is 1.94 bits per heavy atom. The van der Waals surface area contributed by atoms with Crippen LogP contribution in [0.4, 0.5) is 0 Å². The van der Waals surface area contributed by atoms with Crippen LogP contribution in [0.15, 0.2) is 28.7 Å². The number of amides is 1. The second-order valence-electron chi connectivity index (χ2n) is 3.04. The fraction of sp³-hybridized carbons (Fsp3) is 0.200. The first-order valence-corrected chi connectivity index (χ1v) is 6.23. The van der Waals surface area contributed by atoms with Crippen molar-refractivity contribution in [2.75, 3.05) is 5.75 Å². The molecule has 1 rings (SSSR count). The molecule has 86 valence electrons. The van der Waals surface area contributed by atoms with Crippen molar-refractivity contribution in [2.24, 2.45) is 5.73 Å². The summed E-state index contributed by atoms with van der Waals surface area (Å²) in [5.74, 6) is -1.65. The molecule has 0 aromatic heterocycles. The zero-order valence-corrected chi connectivity index (χ0v) is 10.6. The van der Waals surface area contributed by atoms with Gasteiger partial charge in [0.25, 0.3) is 0 Å². The van der Waals surface area contributed by atoms with Crippen LogP contribution in [0.25, 0.3) is 0 Å². The molecule has 1 amide bonds. The van der Waals surface area contributed by atoms with Crippen LogP contribution < -0.4 is 5.73 Å². The highest BCUT2D eigenvalue weighted by Gasteiger charge is 2.19. The normalized spacial score (nSPS) is 12.1. The van der Waals surface area contributed by atoms with Gasteiger partial charge in [-0.05, 0) is 17.7 Å². The van der Waals surface area contributed by atoms with Gasteiger partial charge in [-0.2, -0.15) is 0 Å². The number of benzene rings is 1. The predicted molar refractivity (Wildman–Crippen MR) is 66.2 cm³/mol. The minimum Gasteiger partial charge on any atom is -0.481 e. The first kappa shape index (κ1) is 13.1. The SMILES string of the molecule is NC(=O)[C@@H](SCC(=O)O)c1ccc(Br)cc1. The zero-order chi connectivity index (χ0) is 12.1. The van der Waals surface area contributed by atoms with Gasteiger partial charge in [0.1, 0.15) is 5.25 Å². The molecule has 0 aliphatic heterocycles. The van der Waals surface area contributed by atoms with E-state index in [0.717, 1.165) is 16.2 Å². The van der Waals surface area contributed by atoms with E-state index in [1.165, 1.54) is 0 Å². The highest BCUT2D eigenvalue weighted by Crippen LogP contribution is 2.29. The monoisotopic (exact) mass is 303 g/mol. The summed E-state index contributed by atoms with van der Waals surface area (Å²) in [7, 11) is 0. The summed E-state index contributed by atoms with van der Waals surface area (Å²) in [6.45, 7) is 0. The van der Waals surface area contributed by atoms with E-state index in [4.69, 9.17) is 10.8 Å². The van der Waals surface area contributed by atoms with Gasteiger partial charge < -0.3 is 10.8 Å². The molecule has 1 aromatic carbocycles. The van der Waals surface area contributed by atoms with Crippen LogP contribution in [0.3, 0.4) is 0 Å². The first-order valence-electron chi connectivity index (χ1n) is 4.39. The number of carboxylic acid groups (broad SMARTS) is 1. The second-order valence-corrected chi connectivity index (χ2v) is 5.05. The van der Waals surface area contributed by atoms with E-state index >= 15 is 0 Å². The molecule has 3 N–H and O–H groups in total. The van der Waals surface area contributed by atoms with Crippen molar-refractivity contribution < 1.29 is 14.7 Å². The lowest BCUT2D eigenvalue weighted by Crippen LogP contribution is -2.20. The molecule has 1 atom stereocenters. The van der Waals surface area contributed by atoms with Gasteiger partial charge in [-0.3, -0.25) is 9.59 Å². The molecule has 6 heteroatoms. The Bertz CT molecular complexity index is 394. The van der Waals surface area contributed by atoms with Crippen LogP contribution in [-0.2, 0) is 9.59 Å². The molecule has 0 fully saturated rings. The third-order valence-corrected chi connectivity index (χ3v) is 3.58. The predicted octanol–water partition coefficient (Wildman–Crippen LogP) is 1.79. The number of aliphatic carboxylic acids is 1. The standard InChI is InChI=1S/C10H10BrNO3S/c11-7-3-1-6(2-4-7)9(10(12)15)16-5-8(13)14/h1-4,9H,5H2,(H2,12,15)(H,13,14)/t9-/m0/s1. The van der Waals surface area contributed by atoms with Crippen molar-refractivity contribution in [1.82, 2.24) is 0 Å². The Morgan fingerprint density at radius 1 is 1.38 bits per heavy atom. The second kappa shape index (κ2) is 5.91. The smallest absolute Gasteiger partial charge is 0.313 e. The first-order chi connectivity index (χ1) is 7.50. The zero-order valence-electron chi connectivity index (χ0n) is 8.22. The summed E-state index contributed by atoms with van der Waals surface area (Å²) in [4.78, 5) is 21.6. The molecule has 0 aliphatic carbocycles. The van der Waals surface area contributed by atoms with Crippen LogP contribution in [0.1, 0.15) is 10.8 Å². The lowest BCUT2D eigenvalue weighted by atomic mass is 10.1. The van der Waals surface area contributed by atoms with Crippen molar-refractivity contribution in [2.45, 2.75) is 5.25 Å². The Kier molecular flexibility index (Phi) is 4.82. The summed E-state index contributed by atoms with van der Waals surface area (Å²) in [5, 5.41) is 7.93. The van der Waals surface area contributed by atoms with Crippen molar-refractivity contribution in [1.29, 1.82) is 0 Å². The van der Waals surface area contributed by atoms with E-state index in [1.807, 2.05) is 0 Å². The van der Waals surface area contributed by atoms with Crippen molar-refractivity contribution in [3.8, 4) is 0 Å². The van der Waals surface area contributed by atoms with Gasteiger partial charge in [-0.25, -0.2) is 0 Å². The van der Waals surface area contributed by atoms with Gasteiger partial charge in [0, 0.05) is 4.47 Å². The molecule has 0 radical (unpaired) electrons. The van der Waals surface area contributed by atoms with E-state index in [-0.39, 0.29) is 5.75 Å². The molecular weight excluding hydrogens is 294 g/mol. The maximum Gasteiger partial charge on any atom is 0.313 e. The van der Waals surface area contributed by atoms with E-state index in [2.05, 4.69) is 15.9 Å². The van der Waals surface area contributed by atoms with Gasteiger partial charge >= 0.3 is 5.97 Å². The van der Waals surface area contributed by atoms with Crippen LogP contribution in [-0.4, -0.2) is 22.7 Å². The van der Waals surface area contributed by atoms with Crippen LogP contribution >= 0.6 is 27.7 Å². The van der Waals surface area contributed by atoms with E-state index in [0.29, 0.717) is 5.56 Å². The molecule has 0 unspecified atom stereocenters. The molecule has 1 aromatic rings. The van der Waals surface area contributed by atoms with Crippen molar-refractivity contribution >= 4 is 39.6 Å². The molecule has 0 saturated carbocycles. The number of rotatable bonds is 5. The average Bonchev–Trinajstić information content (AvgIpc) is 2.20. The summed E-state index contributed by atoms with van der Waals surface area (Å²) in [6.07, 6.45) is 0. The fourth-order valence-electron chi connectivity index (χ4n) is 1.13. The Hall–Kier alpha value is -1.01. The lowest BCUT2D eigenvalue weighted by Gasteiger charge is -2.12. The maximum atomic E-state index is 11.2. The van der Waals surface area contributed by atoms with Crippen molar-refractivity contribution in [3.05, 3.63) is 34.3 Å². The fourth-order valence-corrected chi connectivity index (χ4v) is 2.22. The minimum atomic E-state index is -0.964. The molecule has 4 nitrogen and oxygen atoms in total. The van der Waals surface area contributed by atoms with Crippen molar-refractivity contribution in [3.63, 3.8) is 0 Å². The van der Waals surface area contributed by atoms with Gasteiger partial charge in [-0.15, -0.1) is 11.8 Å². The van der Waals surface area contributed by atoms with Crippen LogP contribution in [0.5, 0.6) is 0 Å². The number of carbonyl (C=O) groups excluding carboxylic acids is 1. The molecule has 0 spiro atoms. The summed E-state index contributed by atoms with van der Waals surface area (Å²) < 4.78 is 0.891. The molecule has 0 bridgehead atoms. The van der Waals surface area contributed by atoms with E-state index < -0.39 is 17.1 Å². The molecule has 0 aliphatic rings. The highest BCUT2D eigenvalue weighted by atomic mass is 79.9. The molecule has 0 heterocycles. The minimum absolute atomic E-state index is 0.149. The summed E-state index contributed by atoms with van der Waals surface area (Å²) in [5.41, 5.74) is 5.94. The number of hydrogen-bond acceptors (Lipinski definition) is 3. The number of thioether (sulfide) groups is 1. The largest absolute Gasteiger partial charge is 0.481 e. The number of carbonyl (C=O) groups is 2. The number of hydrogen-bond donors (Lipinski definition) is 2. The third kappa shape index (κ3) is 3.86. The highest BCUT2D eigenvalue weighted by molar-refractivity contribution is 9.10. The Balaban J connectivity index is 2.81. The van der Waals surface area contributed by atoms with Gasteiger partial charge in [0.2, 0.25) is 5.91 Å². The van der Waals surface area contributed by atoms with Crippen LogP contribution in [0, 0.1) is 0 Å². The lowest BCUT2D eigenvalue weighted by molar-refractivity contribution is -0.133. The van der Waals surface area contributed by atoms with E-state index in [9.17, 15) is 9.59 Å². The van der Waals surface area contributed by atoms with Gasteiger partial charge in [0.05, 0.1) is 5.75 Å². The summed E-state index contributed by atoms with van der Waals surface area (Å²) >= 11 is 4.28. The van der Waals surface area contributed by atoms with Crippen LogP contribution in [0.2, 0.25) is 0 Å². The number of halogens is 1. The van der Waals surface area contributed by atoms with Gasteiger partial charge in [-0.1, -0.05) is 28.1 Å². The Labute approximate surface area is 105 Å². The van der Waals surface area contributed by atoms with E-state index in [1.54, 1.807) is 24.3 Å².